The number of benzene rings is 2. The molecule has 33 heavy (non-hydrogen) atoms. The number of hydrogen-bond donors (Lipinski definition) is 2. The number of hydrogen-bond acceptors (Lipinski definition) is 9. The SMILES string of the molecule is COc1ccc([N+](=O)[O-])c(NC(=O)COC(=O)CCCC(=O)Nc2cccc([N+](=O)[O-])c2)c1. The molecule has 13 heteroatoms. The lowest BCUT2D eigenvalue weighted by Gasteiger charge is -2.09. The smallest absolute Gasteiger partial charge is 0.306 e. The van der Waals surface area contributed by atoms with E-state index in [0.717, 1.165) is 0 Å². The lowest BCUT2D eigenvalue weighted by Crippen LogP contribution is -2.21. The van der Waals surface area contributed by atoms with Crippen LogP contribution in [-0.2, 0) is 19.1 Å². The average Bonchev–Trinajstić information content (AvgIpc) is 2.77. The summed E-state index contributed by atoms with van der Waals surface area (Å²) in [5, 5.41) is 26.6. The number of esters is 1. The summed E-state index contributed by atoms with van der Waals surface area (Å²) in [4.78, 5) is 56.3. The number of ether oxygens (including phenoxy) is 2. The summed E-state index contributed by atoms with van der Waals surface area (Å²) in [6.07, 6.45) is -0.0997. The second-order valence-electron chi connectivity index (χ2n) is 6.56. The van der Waals surface area contributed by atoms with Crippen molar-refractivity contribution < 1.29 is 33.7 Å². The molecule has 0 saturated heterocycles. The van der Waals surface area contributed by atoms with E-state index >= 15 is 0 Å². The third-order valence-electron chi connectivity index (χ3n) is 4.16. The maximum absolute atomic E-state index is 12.0. The third-order valence-corrected chi connectivity index (χ3v) is 4.16. The molecular weight excluding hydrogens is 440 g/mol. The van der Waals surface area contributed by atoms with Gasteiger partial charge in [-0.25, -0.2) is 0 Å². The number of nitrogens with zero attached hydrogens (tertiary/aromatic N) is 2. The summed E-state index contributed by atoms with van der Waals surface area (Å²) in [7, 11) is 1.36. The minimum Gasteiger partial charge on any atom is -0.497 e. The number of carbonyl (C=O) groups excluding carboxylic acids is 3. The highest BCUT2D eigenvalue weighted by Crippen LogP contribution is 2.28. The summed E-state index contributed by atoms with van der Waals surface area (Å²) in [6, 6.07) is 9.20. The number of anilines is 2. The van der Waals surface area contributed by atoms with Gasteiger partial charge in [0.1, 0.15) is 11.4 Å². The van der Waals surface area contributed by atoms with E-state index in [4.69, 9.17) is 9.47 Å². The molecule has 2 aromatic rings. The molecule has 0 unspecified atom stereocenters. The number of carbonyl (C=O) groups is 3. The molecule has 0 aliphatic heterocycles. The van der Waals surface area contributed by atoms with Gasteiger partial charge in [-0.1, -0.05) is 6.07 Å². The van der Waals surface area contributed by atoms with Gasteiger partial charge in [0.2, 0.25) is 5.91 Å². The number of rotatable bonds is 11. The average molecular weight is 460 g/mol. The van der Waals surface area contributed by atoms with Crippen LogP contribution < -0.4 is 15.4 Å². The van der Waals surface area contributed by atoms with Crippen LogP contribution in [0.4, 0.5) is 22.7 Å². The van der Waals surface area contributed by atoms with E-state index in [9.17, 15) is 34.6 Å². The van der Waals surface area contributed by atoms with Crippen molar-refractivity contribution in [2.45, 2.75) is 19.3 Å². The predicted molar refractivity (Wildman–Crippen MR) is 115 cm³/mol. The van der Waals surface area contributed by atoms with Gasteiger partial charge in [-0.15, -0.1) is 0 Å². The summed E-state index contributed by atoms with van der Waals surface area (Å²) in [5.74, 6) is -1.70. The van der Waals surface area contributed by atoms with Crippen molar-refractivity contribution in [2.75, 3.05) is 24.4 Å². The lowest BCUT2D eigenvalue weighted by atomic mass is 10.2. The Balaban J connectivity index is 1.75. The van der Waals surface area contributed by atoms with Crippen LogP contribution >= 0.6 is 0 Å². The summed E-state index contributed by atoms with van der Waals surface area (Å²) in [5.41, 5.74) is -0.391. The van der Waals surface area contributed by atoms with Crippen LogP contribution in [0.15, 0.2) is 42.5 Å². The van der Waals surface area contributed by atoms with Crippen molar-refractivity contribution in [2.24, 2.45) is 0 Å². The Labute approximate surface area is 187 Å². The first-order valence-corrected chi connectivity index (χ1v) is 9.52. The van der Waals surface area contributed by atoms with Crippen molar-refractivity contribution in [3.05, 3.63) is 62.7 Å². The van der Waals surface area contributed by atoms with Crippen molar-refractivity contribution in [3.63, 3.8) is 0 Å². The number of methoxy groups -OCH3 is 1. The van der Waals surface area contributed by atoms with Crippen molar-refractivity contribution >= 4 is 40.5 Å². The number of nitro groups is 2. The molecule has 2 amide bonds. The molecule has 0 bridgehead atoms. The Morgan fingerprint density at radius 3 is 2.36 bits per heavy atom. The largest absolute Gasteiger partial charge is 0.497 e. The van der Waals surface area contributed by atoms with Crippen LogP contribution in [0.1, 0.15) is 19.3 Å². The Morgan fingerprint density at radius 2 is 1.70 bits per heavy atom. The van der Waals surface area contributed by atoms with Gasteiger partial charge in [0.05, 0.1) is 17.0 Å². The molecule has 2 N–H and O–H groups in total. The van der Waals surface area contributed by atoms with E-state index in [1.54, 1.807) is 0 Å². The molecule has 2 aromatic carbocycles. The van der Waals surface area contributed by atoms with Gasteiger partial charge in [0.25, 0.3) is 17.3 Å². The maximum atomic E-state index is 12.0. The first-order valence-electron chi connectivity index (χ1n) is 9.52. The number of amides is 2. The number of nitro benzene ring substituents is 2. The van der Waals surface area contributed by atoms with Crippen LogP contribution in [0, 0.1) is 20.2 Å². The Bertz CT molecular complexity index is 1070. The molecule has 0 aromatic heterocycles. The van der Waals surface area contributed by atoms with Gasteiger partial charge in [0, 0.05) is 42.8 Å². The molecule has 0 heterocycles. The van der Waals surface area contributed by atoms with Crippen molar-refractivity contribution in [1.82, 2.24) is 0 Å². The van der Waals surface area contributed by atoms with Crippen molar-refractivity contribution in [1.29, 1.82) is 0 Å². The van der Waals surface area contributed by atoms with Gasteiger partial charge >= 0.3 is 5.97 Å². The minimum atomic E-state index is -0.789. The molecule has 0 fully saturated rings. The summed E-state index contributed by atoms with van der Waals surface area (Å²) in [6.45, 7) is -0.674. The topological polar surface area (TPSA) is 180 Å². The molecule has 0 atom stereocenters. The molecule has 2 rings (SSSR count). The third kappa shape index (κ3) is 7.90. The van der Waals surface area contributed by atoms with Crippen LogP contribution in [0.5, 0.6) is 5.75 Å². The summed E-state index contributed by atoms with van der Waals surface area (Å²) >= 11 is 0. The van der Waals surface area contributed by atoms with Crippen molar-refractivity contribution in [3.8, 4) is 5.75 Å². The molecular formula is C20H20N4O9. The van der Waals surface area contributed by atoms with E-state index in [-0.39, 0.29) is 47.8 Å². The maximum Gasteiger partial charge on any atom is 0.306 e. The second kappa shape index (κ2) is 11.7. The van der Waals surface area contributed by atoms with Crippen LogP contribution in [-0.4, -0.2) is 41.3 Å². The monoisotopic (exact) mass is 460 g/mol. The lowest BCUT2D eigenvalue weighted by molar-refractivity contribution is -0.384. The van der Waals surface area contributed by atoms with E-state index in [1.165, 1.54) is 49.6 Å². The quantitative estimate of drug-likeness (QED) is 0.289. The van der Waals surface area contributed by atoms with Gasteiger partial charge in [-0.2, -0.15) is 0 Å². The predicted octanol–water partition coefficient (Wildman–Crippen LogP) is 2.80. The Morgan fingerprint density at radius 1 is 0.939 bits per heavy atom. The molecule has 0 radical (unpaired) electrons. The molecule has 174 valence electrons. The fourth-order valence-electron chi connectivity index (χ4n) is 2.62. The fraction of sp³-hybridized carbons (Fsp3) is 0.250. The van der Waals surface area contributed by atoms with Gasteiger partial charge in [-0.3, -0.25) is 34.6 Å². The second-order valence-corrected chi connectivity index (χ2v) is 6.56. The molecule has 0 aliphatic rings. The van der Waals surface area contributed by atoms with Gasteiger partial charge < -0.3 is 20.1 Å². The first-order chi connectivity index (χ1) is 15.7. The highest BCUT2D eigenvalue weighted by Gasteiger charge is 2.18. The van der Waals surface area contributed by atoms with Crippen LogP contribution in [0.25, 0.3) is 0 Å². The zero-order valence-corrected chi connectivity index (χ0v) is 17.4. The van der Waals surface area contributed by atoms with Gasteiger partial charge in [-0.05, 0) is 18.6 Å². The zero-order chi connectivity index (χ0) is 24.4. The first kappa shape index (κ1) is 24.7. The summed E-state index contributed by atoms with van der Waals surface area (Å²) < 4.78 is 9.78. The van der Waals surface area contributed by atoms with Gasteiger partial charge in [0.15, 0.2) is 6.61 Å². The minimum absolute atomic E-state index is 0.0556. The normalized spacial score (nSPS) is 10.1. The van der Waals surface area contributed by atoms with E-state index in [2.05, 4.69) is 10.6 Å². The molecule has 13 nitrogen and oxygen atoms in total. The molecule has 0 aliphatic carbocycles. The Kier molecular flexibility index (Phi) is 8.79. The number of non-ortho nitro benzene ring substituents is 1. The molecule has 0 spiro atoms. The van der Waals surface area contributed by atoms with E-state index < -0.39 is 34.2 Å². The highest BCUT2D eigenvalue weighted by atomic mass is 16.6. The standard InChI is InChI=1S/C20H20N4O9/c1-32-15-8-9-17(24(30)31)16(11-15)22-19(26)12-33-20(27)7-3-6-18(25)21-13-4-2-5-14(10-13)23(28)29/h2,4-5,8-11H,3,6-7,12H2,1H3,(H,21,25)(H,22,26). The van der Waals surface area contributed by atoms with E-state index in [0.29, 0.717) is 0 Å². The highest BCUT2D eigenvalue weighted by molar-refractivity contribution is 5.95. The van der Waals surface area contributed by atoms with E-state index in [1.807, 2.05) is 0 Å². The zero-order valence-electron chi connectivity index (χ0n) is 17.4. The number of nitrogens with one attached hydrogen (secondary N) is 2. The van der Waals surface area contributed by atoms with Crippen LogP contribution in [0.3, 0.4) is 0 Å². The molecule has 0 saturated carbocycles. The van der Waals surface area contributed by atoms with Crippen LogP contribution in [0.2, 0.25) is 0 Å². The fourth-order valence-corrected chi connectivity index (χ4v) is 2.62. The Hall–Kier alpha value is -4.55.